The van der Waals surface area contributed by atoms with Crippen LogP contribution in [-0.4, -0.2) is 25.2 Å². The van der Waals surface area contributed by atoms with Gasteiger partial charge in [0.15, 0.2) is 11.5 Å². The second-order valence-electron chi connectivity index (χ2n) is 5.39. The van der Waals surface area contributed by atoms with Crippen LogP contribution in [0.2, 0.25) is 0 Å². The lowest BCUT2D eigenvalue weighted by Gasteiger charge is -2.31. The van der Waals surface area contributed by atoms with Gasteiger partial charge in [0.1, 0.15) is 6.10 Å². The number of fused-ring (bicyclic) bond motifs is 1. The smallest absolute Gasteiger partial charge is 0.269 e. The normalized spacial score (nSPS) is 19.2. The van der Waals surface area contributed by atoms with Gasteiger partial charge in [0.05, 0.1) is 6.61 Å². The Morgan fingerprint density at radius 2 is 1.74 bits per heavy atom. The number of carbonyl (C=O) groups excluding carboxylic acids is 1. The van der Waals surface area contributed by atoms with E-state index >= 15 is 0 Å². The quantitative estimate of drug-likeness (QED) is 0.943. The van der Waals surface area contributed by atoms with Crippen molar-refractivity contribution in [3.63, 3.8) is 0 Å². The van der Waals surface area contributed by atoms with Crippen molar-refractivity contribution in [3.05, 3.63) is 54.1 Å². The van der Waals surface area contributed by atoms with Gasteiger partial charge in [0, 0.05) is 18.4 Å². The molecular formula is C18H19NO4. The fourth-order valence-electron chi connectivity index (χ4n) is 2.53. The van der Waals surface area contributed by atoms with Crippen LogP contribution in [0.5, 0.6) is 11.5 Å². The molecule has 1 heterocycles. The minimum Gasteiger partial charge on any atom is -0.482 e. The molecule has 2 aromatic carbocycles. The molecule has 5 heteroatoms. The third-order valence-corrected chi connectivity index (χ3v) is 3.68. The van der Waals surface area contributed by atoms with Gasteiger partial charge in [-0.2, -0.15) is 0 Å². The molecule has 120 valence electrons. The fourth-order valence-corrected chi connectivity index (χ4v) is 2.53. The minimum atomic E-state index is -0.708. The SMILES string of the molecule is COCc1ccccc1NC(=O)C1Oc2ccccc2OC1C. The van der Waals surface area contributed by atoms with Crippen molar-refractivity contribution in [3.8, 4) is 11.5 Å². The first-order valence-corrected chi connectivity index (χ1v) is 7.49. The minimum absolute atomic E-state index is 0.240. The van der Waals surface area contributed by atoms with E-state index in [4.69, 9.17) is 14.2 Å². The molecule has 0 saturated carbocycles. The average Bonchev–Trinajstić information content (AvgIpc) is 2.56. The van der Waals surface area contributed by atoms with Gasteiger partial charge in [-0.15, -0.1) is 0 Å². The molecular weight excluding hydrogens is 294 g/mol. The number of carbonyl (C=O) groups is 1. The van der Waals surface area contributed by atoms with Gasteiger partial charge in [0.2, 0.25) is 6.10 Å². The third kappa shape index (κ3) is 3.29. The summed E-state index contributed by atoms with van der Waals surface area (Å²) in [6, 6.07) is 14.9. The van der Waals surface area contributed by atoms with Crippen LogP contribution in [0.25, 0.3) is 0 Å². The highest BCUT2D eigenvalue weighted by Gasteiger charge is 2.34. The van der Waals surface area contributed by atoms with Crippen molar-refractivity contribution < 1.29 is 19.0 Å². The summed E-state index contributed by atoms with van der Waals surface area (Å²) < 4.78 is 16.7. The highest BCUT2D eigenvalue weighted by molar-refractivity contribution is 5.95. The predicted molar refractivity (Wildman–Crippen MR) is 86.7 cm³/mol. The molecule has 0 saturated heterocycles. The van der Waals surface area contributed by atoms with Gasteiger partial charge in [-0.1, -0.05) is 30.3 Å². The Labute approximate surface area is 135 Å². The van der Waals surface area contributed by atoms with Crippen molar-refractivity contribution in [2.75, 3.05) is 12.4 Å². The van der Waals surface area contributed by atoms with Gasteiger partial charge >= 0.3 is 0 Å². The number of anilines is 1. The number of nitrogens with one attached hydrogen (secondary N) is 1. The number of amides is 1. The van der Waals surface area contributed by atoms with Crippen LogP contribution in [0.1, 0.15) is 12.5 Å². The van der Waals surface area contributed by atoms with Crippen LogP contribution in [0.3, 0.4) is 0 Å². The molecule has 5 nitrogen and oxygen atoms in total. The molecule has 0 bridgehead atoms. The molecule has 1 amide bonds. The summed E-state index contributed by atoms with van der Waals surface area (Å²) in [4.78, 5) is 12.6. The number of para-hydroxylation sites is 3. The van der Waals surface area contributed by atoms with E-state index in [9.17, 15) is 4.79 Å². The maximum atomic E-state index is 12.6. The number of ether oxygens (including phenoxy) is 3. The zero-order chi connectivity index (χ0) is 16.2. The molecule has 0 aromatic heterocycles. The second kappa shape index (κ2) is 6.71. The number of rotatable bonds is 4. The van der Waals surface area contributed by atoms with E-state index in [1.165, 1.54) is 0 Å². The number of benzene rings is 2. The summed E-state index contributed by atoms with van der Waals surface area (Å²) in [7, 11) is 1.62. The Kier molecular flexibility index (Phi) is 4.48. The lowest BCUT2D eigenvalue weighted by molar-refractivity contribution is -0.128. The maximum absolute atomic E-state index is 12.6. The zero-order valence-electron chi connectivity index (χ0n) is 13.1. The topological polar surface area (TPSA) is 56.8 Å². The fraction of sp³-hybridized carbons (Fsp3) is 0.278. The molecule has 1 aliphatic heterocycles. The molecule has 23 heavy (non-hydrogen) atoms. The molecule has 2 unspecified atom stereocenters. The Morgan fingerprint density at radius 1 is 1.09 bits per heavy atom. The van der Waals surface area contributed by atoms with Crippen LogP contribution >= 0.6 is 0 Å². The number of hydrogen-bond donors (Lipinski definition) is 1. The summed E-state index contributed by atoms with van der Waals surface area (Å²) in [5, 5.41) is 2.90. The first-order valence-electron chi connectivity index (χ1n) is 7.49. The van der Waals surface area contributed by atoms with Gasteiger partial charge in [-0.3, -0.25) is 4.79 Å². The van der Waals surface area contributed by atoms with E-state index in [0.29, 0.717) is 23.8 Å². The molecule has 1 N–H and O–H groups in total. The largest absolute Gasteiger partial charge is 0.482 e. The van der Waals surface area contributed by atoms with Crippen LogP contribution in [-0.2, 0) is 16.1 Å². The highest BCUT2D eigenvalue weighted by atomic mass is 16.6. The highest BCUT2D eigenvalue weighted by Crippen LogP contribution is 2.33. The standard InChI is InChI=1S/C18H19NO4/c1-12-17(23-16-10-6-5-9-15(16)22-12)18(20)19-14-8-4-3-7-13(14)11-21-2/h3-10,12,17H,11H2,1-2H3,(H,19,20). The summed E-state index contributed by atoms with van der Waals surface area (Å²) in [6.07, 6.45) is -1.08. The molecule has 3 rings (SSSR count). The third-order valence-electron chi connectivity index (χ3n) is 3.68. The van der Waals surface area contributed by atoms with Crippen LogP contribution < -0.4 is 14.8 Å². The van der Waals surface area contributed by atoms with E-state index in [0.717, 1.165) is 5.56 Å². The van der Waals surface area contributed by atoms with Crippen molar-refractivity contribution >= 4 is 11.6 Å². The predicted octanol–water partition coefficient (Wildman–Crippen LogP) is 3.00. The Hall–Kier alpha value is -2.53. The lowest BCUT2D eigenvalue weighted by Crippen LogP contribution is -2.46. The maximum Gasteiger partial charge on any atom is 0.269 e. The van der Waals surface area contributed by atoms with E-state index in [1.807, 2.05) is 49.4 Å². The molecule has 2 aromatic rings. The lowest BCUT2D eigenvalue weighted by atomic mass is 10.1. The Morgan fingerprint density at radius 3 is 2.48 bits per heavy atom. The van der Waals surface area contributed by atoms with Crippen molar-refractivity contribution in [1.29, 1.82) is 0 Å². The van der Waals surface area contributed by atoms with E-state index in [-0.39, 0.29) is 12.0 Å². The van der Waals surface area contributed by atoms with Gasteiger partial charge < -0.3 is 19.5 Å². The molecule has 1 aliphatic rings. The summed E-state index contributed by atoms with van der Waals surface area (Å²) in [5.41, 5.74) is 1.63. The van der Waals surface area contributed by atoms with Crippen molar-refractivity contribution in [2.24, 2.45) is 0 Å². The van der Waals surface area contributed by atoms with Crippen molar-refractivity contribution in [2.45, 2.75) is 25.7 Å². The van der Waals surface area contributed by atoms with Crippen molar-refractivity contribution in [1.82, 2.24) is 0 Å². The van der Waals surface area contributed by atoms with Crippen LogP contribution in [0.4, 0.5) is 5.69 Å². The van der Waals surface area contributed by atoms with Gasteiger partial charge in [-0.05, 0) is 25.1 Å². The monoisotopic (exact) mass is 313 g/mol. The summed E-state index contributed by atoms with van der Waals surface area (Å²) >= 11 is 0. The summed E-state index contributed by atoms with van der Waals surface area (Å²) in [5.74, 6) is 0.996. The number of hydrogen-bond acceptors (Lipinski definition) is 4. The first kappa shape index (κ1) is 15.4. The van der Waals surface area contributed by atoms with Crippen LogP contribution in [0.15, 0.2) is 48.5 Å². The Bertz CT molecular complexity index is 701. The molecule has 0 radical (unpaired) electrons. The van der Waals surface area contributed by atoms with E-state index < -0.39 is 6.10 Å². The molecule has 2 atom stereocenters. The molecule has 0 aliphatic carbocycles. The first-order chi connectivity index (χ1) is 11.2. The Balaban J connectivity index is 1.76. The number of methoxy groups -OCH3 is 1. The zero-order valence-corrected chi connectivity index (χ0v) is 13.1. The average molecular weight is 313 g/mol. The van der Waals surface area contributed by atoms with E-state index in [1.54, 1.807) is 13.2 Å². The van der Waals surface area contributed by atoms with Gasteiger partial charge in [0.25, 0.3) is 5.91 Å². The molecule has 0 spiro atoms. The van der Waals surface area contributed by atoms with Crippen LogP contribution in [0, 0.1) is 0 Å². The summed E-state index contributed by atoms with van der Waals surface area (Å²) in [6.45, 7) is 2.25. The van der Waals surface area contributed by atoms with E-state index in [2.05, 4.69) is 5.32 Å². The second-order valence-corrected chi connectivity index (χ2v) is 5.39. The molecule has 0 fully saturated rings. The van der Waals surface area contributed by atoms with Gasteiger partial charge in [-0.25, -0.2) is 0 Å².